The van der Waals surface area contributed by atoms with Gasteiger partial charge in [-0.2, -0.15) is 0 Å². The van der Waals surface area contributed by atoms with Gasteiger partial charge in [0.25, 0.3) is 5.91 Å². The Morgan fingerprint density at radius 1 is 1.15 bits per heavy atom. The minimum Gasteiger partial charge on any atom is -0.497 e. The van der Waals surface area contributed by atoms with Gasteiger partial charge >= 0.3 is 0 Å². The third-order valence-electron chi connectivity index (χ3n) is 6.57. The van der Waals surface area contributed by atoms with Gasteiger partial charge < -0.3 is 19.4 Å². The van der Waals surface area contributed by atoms with E-state index in [-0.39, 0.29) is 12.6 Å². The quantitative estimate of drug-likeness (QED) is 0.217. The summed E-state index contributed by atoms with van der Waals surface area (Å²) in [6.45, 7) is 8.06. The molecule has 1 aliphatic rings. The van der Waals surface area contributed by atoms with Gasteiger partial charge in [0.2, 0.25) is 0 Å². The van der Waals surface area contributed by atoms with E-state index < -0.39 is 0 Å². The number of hydrogen-bond acceptors (Lipinski definition) is 3. The maximum absolute atomic E-state index is 13.6. The molecule has 0 saturated carbocycles. The van der Waals surface area contributed by atoms with Crippen LogP contribution in [0.25, 0.3) is 10.9 Å². The smallest absolute Gasteiger partial charge is 0.256 e. The van der Waals surface area contributed by atoms with Crippen LogP contribution in [0.1, 0.15) is 48.3 Å². The number of aryl methyl sites for hydroxylation is 1. The number of benzene rings is 2. The fourth-order valence-corrected chi connectivity index (χ4v) is 5.39. The number of anilines is 1. The second-order valence-corrected chi connectivity index (χ2v) is 9.96. The highest BCUT2D eigenvalue weighted by molar-refractivity contribution is 6.40. The molecule has 0 unspecified atom stereocenters. The summed E-state index contributed by atoms with van der Waals surface area (Å²) in [5.74, 6) is 0.993. The fraction of sp³-hybridized carbons (Fsp3) is 0.323. The Balaban J connectivity index is 0.000000771. The molecule has 0 bridgehead atoms. The van der Waals surface area contributed by atoms with Crippen molar-refractivity contribution in [3.05, 3.63) is 87.6 Å². The van der Waals surface area contributed by atoms with Gasteiger partial charge in [-0.05, 0) is 57.2 Å². The maximum Gasteiger partial charge on any atom is 0.256 e. The Kier molecular flexibility index (Phi) is 11.1. The molecule has 0 radical (unpaired) electrons. The van der Waals surface area contributed by atoms with Crippen LogP contribution in [-0.4, -0.2) is 31.4 Å². The van der Waals surface area contributed by atoms with Crippen molar-refractivity contribution in [3.8, 4) is 11.5 Å². The lowest BCUT2D eigenvalue weighted by atomic mass is 9.93. The van der Waals surface area contributed by atoms with E-state index in [9.17, 15) is 9.18 Å². The number of hydrogen-bond donors (Lipinski definition) is 1. The van der Waals surface area contributed by atoms with Crippen LogP contribution in [-0.2, 0) is 19.4 Å². The predicted octanol–water partition coefficient (Wildman–Crippen LogP) is 8.76. The Morgan fingerprint density at radius 2 is 1.85 bits per heavy atom. The van der Waals surface area contributed by atoms with Crippen molar-refractivity contribution in [2.45, 2.75) is 46.1 Å². The molecule has 0 aliphatic heterocycles. The standard InChI is InChI=1S/C27H28Cl2N2O3.C4H7F/c1-5-8-16(2)15-31-22-10-7-6-9-18(22)24-19(11-12-23(34-4)26(24)31)27(32)30-25-20(28)13-17(33-3)14-21(25)29;1-2-3-4-5/h5,8,11-14H,1,6-7,9-10,15H2,2-4H3,(H,30,32);2-3H,4H2,1H3/b16-8+;3-2-. The van der Waals surface area contributed by atoms with Crippen LogP contribution in [0.5, 0.6) is 11.5 Å². The van der Waals surface area contributed by atoms with Crippen molar-refractivity contribution in [1.82, 2.24) is 4.57 Å². The summed E-state index contributed by atoms with van der Waals surface area (Å²) >= 11 is 12.8. The molecule has 0 atom stereocenters. The molecular weight excluding hydrogens is 538 g/mol. The van der Waals surface area contributed by atoms with Crippen molar-refractivity contribution >= 4 is 45.7 Å². The number of carbonyl (C=O) groups is 1. The molecule has 0 spiro atoms. The highest BCUT2D eigenvalue weighted by Crippen LogP contribution is 2.41. The number of alkyl halides is 1. The number of nitrogens with zero attached hydrogens (tertiary/aromatic N) is 1. The normalized spacial score (nSPS) is 13.1. The highest BCUT2D eigenvalue weighted by atomic mass is 35.5. The summed E-state index contributed by atoms with van der Waals surface area (Å²) in [7, 11) is 3.20. The van der Waals surface area contributed by atoms with E-state index in [0.29, 0.717) is 33.6 Å². The van der Waals surface area contributed by atoms with E-state index in [1.165, 1.54) is 30.0 Å². The summed E-state index contributed by atoms with van der Waals surface area (Å²) in [6.07, 6.45) is 11.0. The van der Waals surface area contributed by atoms with Gasteiger partial charge in [0.05, 0.1) is 35.5 Å². The van der Waals surface area contributed by atoms with E-state index in [1.54, 1.807) is 38.3 Å². The zero-order valence-electron chi connectivity index (χ0n) is 22.9. The average molecular weight is 574 g/mol. The number of carbonyl (C=O) groups excluding carboxylic acids is 1. The second-order valence-electron chi connectivity index (χ2n) is 9.15. The first-order chi connectivity index (χ1) is 18.8. The largest absolute Gasteiger partial charge is 0.497 e. The Bertz CT molecular complexity index is 1390. The molecule has 1 amide bonds. The Hall–Kier alpha value is -3.22. The summed E-state index contributed by atoms with van der Waals surface area (Å²) in [6, 6.07) is 6.91. The van der Waals surface area contributed by atoms with Crippen LogP contribution >= 0.6 is 23.2 Å². The van der Waals surface area contributed by atoms with Gasteiger partial charge in [0.1, 0.15) is 18.2 Å². The van der Waals surface area contributed by atoms with E-state index in [2.05, 4.69) is 23.4 Å². The lowest BCUT2D eigenvalue weighted by Gasteiger charge is -2.16. The molecule has 1 aromatic heterocycles. The van der Waals surface area contributed by atoms with Gasteiger partial charge in [-0.1, -0.05) is 59.7 Å². The highest BCUT2D eigenvalue weighted by Gasteiger charge is 2.27. The summed E-state index contributed by atoms with van der Waals surface area (Å²) < 4.78 is 24.2. The van der Waals surface area contributed by atoms with Crippen LogP contribution in [0.15, 0.2) is 60.7 Å². The first-order valence-electron chi connectivity index (χ1n) is 12.8. The zero-order chi connectivity index (χ0) is 28.5. The van der Waals surface area contributed by atoms with Crippen molar-refractivity contribution in [3.63, 3.8) is 0 Å². The predicted molar refractivity (Wildman–Crippen MR) is 161 cm³/mol. The van der Waals surface area contributed by atoms with Crippen LogP contribution in [0.2, 0.25) is 10.0 Å². The Labute approximate surface area is 239 Å². The second kappa shape index (κ2) is 14.2. The topological polar surface area (TPSA) is 52.5 Å². The zero-order valence-corrected chi connectivity index (χ0v) is 24.4. The third kappa shape index (κ3) is 6.87. The number of amides is 1. The van der Waals surface area contributed by atoms with Gasteiger partial charge in [0, 0.05) is 35.3 Å². The monoisotopic (exact) mass is 572 g/mol. The number of ether oxygens (including phenoxy) is 2. The van der Waals surface area contributed by atoms with E-state index in [4.69, 9.17) is 32.7 Å². The fourth-order valence-electron chi connectivity index (χ4n) is 4.83. The van der Waals surface area contributed by atoms with Gasteiger partial charge in [0.15, 0.2) is 0 Å². The summed E-state index contributed by atoms with van der Waals surface area (Å²) in [4.78, 5) is 13.6. The van der Waals surface area contributed by atoms with Gasteiger partial charge in [-0.3, -0.25) is 4.79 Å². The first-order valence-corrected chi connectivity index (χ1v) is 13.6. The molecule has 4 rings (SSSR count). The van der Waals surface area contributed by atoms with E-state index >= 15 is 0 Å². The van der Waals surface area contributed by atoms with Gasteiger partial charge in [-0.25, -0.2) is 4.39 Å². The van der Waals surface area contributed by atoms with Crippen LogP contribution in [0.3, 0.4) is 0 Å². The van der Waals surface area contributed by atoms with Gasteiger partial charge in [-0.15, -0.1) is 0 Å². The van der Waals surface area contributed by atoms with Crippen molar-refractivity contribution in [1.29, 1.82) is 0 Å². The number of halogens is 3. The SMILES string of the molecule is C/C=C\CF.C=C/C=C(\C)Cn1c2c(c3c(C(=O)Nc4c(Cl)cc(OC)cc4Cl)ccc(OC)c31)CCCC2. The lowest BCUT2D eigenvalue weighted by Crippen LogP contribution is -2.14. The molecule has 2 aromatic carbocycles. The molecule has 0 fully saturated rings. The van der Waals surface area contributed by atoms with Crippen LogP contribution in [0, 0.1) is 0 Å². The molecule has 8 heteroatoms. The molecule has 0 saturated heterocycles. The molecular formula is C31H35Cl2FN2O3. The number of methoxy groups -OCH3 is 2. The molecule has 3 aromatic rings. The number of aromatic nitrogens is 1. The molecule has 208 valence electrons. The Morgan fingerprint density at radius 3 is 2.41 bits per heavy atom. The minimum atomic E-state index is -0.337. The van der Waals surface area contributed by atoms with E-state index in [0.717, 1.165) is 42.3 Å². The number of nitrogens with one attached hydrogen (secondary N) is 1. The molecule has 5 nitrogen and oxygen atoms in total. The minimum absolute atomic E-state index is 0.273. The number of rotatable bonds is 8. The number of fused-ring (bicyclic) bond motifs is 3. The van der Waals surface area contributed by atoms with Crippen molar-refractivity contribution < 1.29 is 18.7 Å². The summed E-state index contributed by atoms with van der Waals surface area (Å²) in [5.41, 5.74) is 5.51. The van der Waals surface area contributed by atoms with Crippen molar-refractivity contribution in [2.24, 2.45) is 0 Å². The van der Waals surface area contributed by atoms with Crippen molar-refractivity contribution in [2.75, 3.05) is 26.2 Å². The molecule has 1 N–H and O–H groups in total. The van der Waals surface area contributed by atoms with E-state index in [1.807, 2.05) is 18.2 Å². The van der Waals surface area contributed by atoms with Crippen LogP contribution < -0.4 is 14.8 Å². The third-order valence-corrected chi connectivity index (χ3v) is 7.16. The lowest BCUT2D eigenvalue weighted by molar-refractivity contribution is 0.102. The first kappa shape index (κ1) is 30.3. The molecule has 1 heterocycles. The molecule has 1 aliphatic carbocycles. The van der Waals surface area contributed by atoms with Crippen LogP contribution in [0.4, 0.5) is 10.1 Å². The average Bonchev–Trinajstić information content (AvgIpc) is 3.25. The molecule has 39 heavy (non-hydrogen) atoms. The maximum atomic E-state index is 13.6. The number of allylic oxidation sites excluding steroid dienone is 5. The summed E-state index contributed by atoms with van der Waals surface area (Å²) in [5, 5.41) is 4.47.